The second kappa shape index (κ2) is 7.34. The molecule has 0 unspecified atom stereocenters. The van der Waals surface area contributed by atoms with Crippen LogP contribution in [0.5, 0.6) is 0 Å². The summed E-state index contributed by atoms with van der Waals surface area (Å²) < 4.78 is 5.16. The number of nitrogens with zero attached hydrogens (tertiary/aromatic N) is 5. The van der Waals surface area contributed by atoms with Gasteiger partial charge in [-0.1, -0.05) is 17.3 Å². The summed E-state index contributed by atoms with van der Waals surface area (Å²) in [5.74, 6) is 1.07. The Balaban J connectivity index is 1.36. The quantitative estimate of drug-likeness (QED) is 0.697. The Morgan fingerprint density at radius 3 is 2.92 bits per heavy atom. The third kappa shape index (κ3) is 3.56. The van der Waals surface area contributed by atoms with Crippen LogP contribution in [0.3, 0.4) is 0 Å². The standard InChI is InChI=1S/C17H19N7O2/c25-14(7-8-15-21-17(23-26-15)16-18-11-19-22-16)20-12-5-1-2-6-13(12)24-9-3-4-10-24/h1-2,5-6,11H,3-4,7-10H2,(H,20,25)(H,18,19,22). The minimum atomic E-state index is -0.0870. The Morgan fingerprint density at radius 2 is 2.12 bits per heavy atom. The van der Waals surface area contributed by atoms with Gasteiger partial charge >= 0.3 is 0 Å². The Bertz CT molecular complexity index is 869. The molecule has 4 rings (SSSR count). The van der Waals surface area contributed by atoms with Crippen molar-refractivity contribution in [2.75, 3.05) is 23.3 Å². The zero-order chi connectivity index (χ0) is 17.8. The number of hydrogen-bond donors (Lipinski definition) is 2. The molecule has 1 fully saturated rings. The number of benzene rings is 1. The van der Waals surface area contributed by atoms with Gasteiger partial charge in [-0.2, -0.15) is 10.1 Å². The van der Waals surface area contributed by atoms with Crippen LogP contribution in [0, 0.1) is 0 Å². The molecule has 0 bridgehead atoms. The topological polar surface area (TPSA) is 113 Å². The van der Waals surface area contributed by atoms with Crippen molar-refractivity contribution in [3.05, 3.63) is 36.5 Å². The lowest BCUT2D eigenvalue weighted by atomic mass is 10.2. The number of anilines is 2. The van der Waals surface area contributed by atoms with Gasteiger partial charge in [0.25, 0.3) is 0 Å². The van der Waals surface area contributed by atoms with Gasteiger partial charge < -0.3 is 14.7 Å². The van der Waals surface area contributed by atoms with Crippen molar-refractivity contribution in [2.45, 2.75) is 25.7 Å². The minimum absolute atomic E-state index is 0.0870. The van der Waals surface area contributed by atoms with E-state index < -0.39 is 0 Å². The molecule has 2 N–H and O–H groups in total. The molecule has 1 amide bonds. The first kappa shape index (κ1) is 16.2. The van der Waals surface area contributed by atoms with E-state index in [-0.39, 0.29) is 12.3 Å². The zero-order valence-electron chi connectivity index (χ0n) is 14.2. The van der Waals surface area contributed by atoms with Gasteiger partial charge in [0.15, 0.2) is 5.82 Å². The summed E-state index contributed by atoms with van der Waals surface area (Å²) in [7, 11) is 0. The predicted octanol–water partition coefficient (Wildman–Crippen LogP) is 2.03. The molecule has 1 saturated heterocycles. The molecule has 0 radical (unpaired) electrons. The maximum atomic E-state index is 12.3. The summed E-state index contributed by atoms with van der Waals surface area (Å²) in [6, 6.07) is 7.90. The fraction of sp³-hybridized carbons (Fsp3) is 0.353. The molecule has 1 aromatic carbocycles. The molecule has 0 spiro atoms. The molecule has 3 aromatic rings. The van der Waals surface area contributed by atoms with E-state index in [4.69, 9.17) is 4.52 Å². The summed E-state index contributed by atoms with van der Waals surface area (Å²) in [5, 5.41) is 13.2. The highest BCUT2D eigenvalue weighted by Crippen LogP contribution is 2.28. The highest BCUT2D eigenvalue weighted by molar-refractivity contribution is 5.94. The number of aryl methyl sites for hydroxylation is 1. The first-order chi connectivity index (χ1) is 12.8. The van der Waals surface area contributed by atoms with Crippen molar-refractivity contribution in [1.82, 2.24) is 25.3 Å². The van der Waals surface area contributed by atoms with Gasteiger partial charge in [0.2, 0.25) is 17.6 Å². The molecule has 0 saturated carbocycles. The molecule has 134 valence electrons. The van der Waals surface area contributed by atoms with Crippen LogP contribution in [0.4, 0.5) is 11.4 Å². The number of amides is 1. The van der Waals surface area contributed by atoms with Crippen LogP contribution in [-0.4, -0.2) is 44.3 Å². The molecule has 1 aliphatic heterocycles. The molecular weight excluding hydrogens is 334 g/mol. The summed E-state index contributed by atoms with van der Waals surface area (Å²) >= 11 is 0. The molecular formula is C17H19N7O2. The monoisotopic (exact) mass is 353 g/mol. The number of rotatable bonds is 6. The van der Waals surface area contributed by atoms with E-state index in [0.29, 0.717) is 24.0 Å². The van der Waals surface area contributed by atoms with Crippen LogP contribution < -0.4 is 10.2 Å². The van der Waals surface area contributed by atoms with E-state index in [1.54, 1.807) is 0 Å². The molecule has 26 heavy (non-hydrogen) atoms. The Labute approximate surface area is 149 Å². The Morgan fingerprint density at radius 1 is 1.27 bits per heavy atom. The Hall–Kier alpha value is -3.23. The normalized spacial score (nSPS) is 13.9. The van der Waals surface area contributed by atoms with Crippen LogP contribution in [0.25, 0.3) is 11.6 Å². The van der Waals surface area contributed by atoms with Gasteiger partial charge in [-0.05, 0) is 25.0 Å². The average molecular weight is 353 g/mol. The number of aromatic nitrogens is 5. The number of hydrogen-bond acceptors (Lipinski definition) is 7. The van der Waals surface area contributed by atoms with Gasteiger partial charge in [-0.3, -0.25) is 9.89 Å². The van der Waals surface area contributed by atoms with Crippen molar-refractivity contribution < 1.29 is 9.32 Å². The highest BCUT2D eigenvalue weighted by atomic mass is 16.5. The average Bonchev–Trinajstić information content (AvgIpc) is 3.42. The number of H-pyrrole nitrogens is 1. The maximum absolute atomic E-state index is 12.3. The lowest BCUT2D eigenvalue weighted by Crippen LogP contribution is -2.21. The van der Waals surface area contributed by atoms with E-state index in [2.05, 4.69) is 35.5 Å². The molecule has 1 aliphatic rings. The Kier molecular flexibility index (Phi) is 4.59. The summed E-state index contributed by atoms with van der Waals surface area (Å²) in [6.45, 7) is 2.05. The van der Waals surface area contributed by atoms with Crippen LogP contribution in [-0.2, 0) is 11.2 Å². The SMILES string of the molecule is O=C(CCc1nc(-c2ncn[nH]2)no1)Nc1ccccc1N1CCCC1. The van der Waals surface area contributed by atoms with E-state index in [0.717, 1.165) is 24.5 Å². The fourth-order valence-corrected chi connectivity index (χ4v) is 3.01. The van der Waals surface area contributed by atoms with Crippen LogP contribution in [0.2, 0.25) is 0 Å². The third-order valence-corrected chi connectivity index (χ3v) is 4.29. The van der Waals surface area contributed by atoms with Gasteiger partial charge in [0.1, 0.15) is 6.33 Å². The summed E-state index contributed by atoms with van der Waals surface area (Å²) in [4.78, 5) is 22.8. The molecule has 9 heteroatoms. The summed E-state index contributed by atoms with van der Waals surface area (Å²) in [5.41, 5.74) is 1.91. The summed E-state index contributed by atoms with van der Waals surface area (Å²) in [6.07, 6.45) is 4.36. The number of carbonyl (C=O) groups excluding carboxylic acids is 1. The maximum Gasteiger partial charge on any atom is 0.239 e. The van der Waals surface area contributed by atoms with Gasteiger partial charge in [0, 0.05) is 25.9 Å². The number of nitrogens with one attached hydrogen (secondary N) is 2. The van der Waals surface area contributed by atoms with Crippen LogP contribution in [0.15, 0.2) is 35.1 Å². The second-order valence-corrected chi connectivity index (χ2v) is 6.11. The van der Waals surface area contributed by atoms with Crippen molar-refractivity contribution in [2.24, 2.45) is 0 Å². The third-order valence-electron chi connectivity index (χ3n) is 4.29. The van der Waals surface area contributed by atoms with Crippen molar-refractivity contribution in [3.8, 4) is 11.6 Å². The van der Waals surface area contributed by atoms with Gasteiger partial charge in [-0.15, -0.1) is 0 Å². The zero-order valence-corrected chi connectivity index (χ0v) is 14.2. The van der Waals surface area contributed by atoms with Gasteiger partial charge in [0.05, 0.1) is 11.4 Å². The minimum Gasteiger partial charge on any atom is -0.370 e. The molecule has 0 aliphatic carbocycles. The lowest BCUT2D eigenvalue weighted by Gasteiger charge is -2.21. The van der Waals surface area contributed by atoms with E-state index in [1.807, 2.05) is 24.3 Å². The second-order valence-electron chi connectivity index (χ2n) is 6.11. The lowest BCUT2D eigenvalue weighted by molar-refractivity contribution is -0.116. The number of para-hydroxylation sites is 2. The largest absolute Gasteiger partial charge is 0.370 e. The molecule has 9 nitrogen and oxygen atoms in total. The van der Waals surface area contributed by atoms with E-state index in [9.17, 15) is 4.79 Å². The first-order valence-electron chi connectivity index (χ1n) is 8.62. The molecule has 0 atom stereocenters. The van der Waals surface area contributed by atoms with E-state index >= 15 is 0 Å². The van der Waals surface area contributed by atoms with Crippen molar-refractivity contribution >= 4 is 17.3 Å². The van der Waals surface area contributed by atoms with Crippen molar-refractivity contribution in [3.63, 3.8) is 0 Å². The molecule has 3 heterocycles. The molecule has 2 aromatic heterocycles. The predicted molar refractivity (Wildman–Crippen MR) is 94.5 cm³/mol. The van der Waals surface area contributed by atoms with Gasteiger partial charge in [-0.25, -0.2) is 4.98 Å². The van der Waals surface area contributed by atoms with E-state index in [1.165, 1.54) is 19.2 Å². The fourth-order valence-electron chi connectivity index (χ4n) is 3.01. The van der Waals surface area contributed by atoms with Crippen LogP contribution in [0.1, 0.15) is 25.2 Å². The number of carbonyl (C=O) groups is 1. The van der Waals surface area contributed by atoms with Crippen LogP contribution >= 0.6 is 0 Å². The van der Waals surface area contributed by atoms with Crippen molar-refractivity contribution in [1.29, 1.82) is 0 Å². The smallest absolute Gasteiger partial charge is 0.239 e. The first-order valence-corrected chi connectivity index (χ1v) is 8.62. The number of aromatic amines is 1. The highest BCUT2D eigenvalue weighted by Gasteiger charge is 2.17.